The van der Waals surface area contributed by atoms with E-state index in [4.69, 9.17) is 0 Å². The summed E-state index contributed by atoms with van der Waals surface area (Å²) in [5.74, 6) is -0.745. The molecule has 2 saturated heterocycles. The Hall–Kier alpha value is -2.25. The molecule has 2 fully saturated rings. The minimum atomic E-state index is -0.556. The summed E-state index contributed by atoms with van der Waals surface area (Å²) >= 11 is 0. The molecule has 0 spiro atoms. The van der Waals surface area contributed by atoms with Crippen LogP contribution in [0.1, 0.15) is 60.5 Å². The van der Waals surface area contributed by atoms with E-state index in [1.165, 1.54) is 19.3 Å². The fraction of sp³-hybridized carbons (Fsp3) is 0.591. The molecule has 0 radical (unpaired) electrons. The van der Waals surface area contributed by atoms with Crippen LogP contribution in [0, 0.1) is 5.41 Å². The summed E-state index contributed by atoms with van der Waals surface area (Å²) in [5.41, 5.74) is 3.20. The van der Waals surface area contributed by atoms with Gasteiger partial charge in [-0.3, -0.25) is 19.7 Å². The summed E-state index contributed by atoms with van der Waals surface area (Å²) in [4.78, 5) is 37.9. The number of benzene rings is 1. The van der Waals surface area contributed by atoms with Gasteiger partial charge in [0.2, 0.25) is 11.8 Å². The van der Waals surface area contributed by atoms with Gasteiger partial charge in [0.15, 0.2) is 0 Å². The molecule has 3 aliphatic rings. The lowest BCUT2D eigenvalue weighted by Gasteiger charge is -2.34. The Morgan fingerprint density at radius 2 is 2.00 bits per heavy atom. The maximum Gasteiger partial charge on any atom is 0.255 e. The molecule has 7 nitrogen and oxygen atoms in total. The fourth-order valence-electron chi connectivity index (χ4n) is 4.64. The fourth-order valence-corrected chi connectivity index (χ4v) is 4.64. The van der Waals surface area contributed by atoms with E-state index in [1.807, 2.05) is 12.1 Å². The molecule has 3 amide bonds. The van der Waals surface area contributed by atoms with Gasteiger partial charge >= 0.3 is 0 Å². The van der Waals surface area contributed by atoms with Gasteiger partial charge in [-0.2, -0.15) is 0 Å². The molecule has 1 aromatic rings. The number of rotatable bonds is 6. The Balaban J connectivity index is 1.32. The highest BCUT2D eigenvalue weighted by Gasteiger charge is 2.39. The average molecular weight is 399 g/mol. The van der Waals surface area contributed by atoms with Crippen LogP contribution in [0.3, 0.4) is 0 Å². The zero-order valence-electron chi connectivity index (χ0n) is 17.1. The number of nitrogens with one attached hydrogen (secondary N) is 3. The first-order valence-corrected chi connectivity index (χ1v) is 10.6. The molecule has 1 atom stereocenters. The van der Waals surface area contributed by atoms with Crippen molar-refractivity contribution < 1.29 is 14.4 Å². The van der Waals surface area contributed by atoms with Gasteiger partial charge in [0.1, 0.15) is 6.04 Å². The lowest BCUT2D eigenvalue weighted by atomic mass is 9.78. The van der Waals surface area contributed by atoms with Crippen LogP contribution in [0.5, 0.6) is 0 Å². The van der Waals surface area contributed by atoms with Crippen molar-refractivity contribution in [1.82, 2.24) is 20.9 Å². The van der Waals surface area contributed by atoms with Crippen molar-refractivity contribution in [3.8, 4) is 0 Å². The molecule has 3 heterocycles. The van der Waals surface area contributed by atoms with Gasteiger partial charge in [0.25, 0.3) is 5.91 Å². The Bertz CT molecular complexity index is 816. The van der Waals surface area contributed by atoms with Gasteiger partial charge in [-0.05, 0) is 67.9 Å². The molecule has 3 aliphatic heterocycles. The van der Waals surface area contributed by atoms with E-state index < -0.39 is 6.04 Å². The summed E-state index contributed by atoms with van der Waals surface area (Å²) in [6.07, 6.45) is 4.30. The lowest BCUT2D eigenvalue weighted by molar-refractivity contribution is -0.136. The van der Waals surface area contributed by atoms with E-state index in [0.717, 1.165) is 37.3 Å². The van der Waals surface area contributed by atoms with Crippen LogP contribution in [-0.4, -0.2) is 48.3 Å². The van der Waals surface area contributed by atoms with Gasteiger partial charge < -0.3 is 15.5 Å². The van der Waals surface area contributed by atoms with Crippen LogP contribution >= 0.6 is 0 Å². The molecule has 4 rings (SSSR count). The maximum absolute atomic E-state index is 12.7. The molecule has 0 saturated carbocycles. The molecular weight excluding hydrogens is 368 g/mol. The predicted octanol–water partition coefficient (Wildman–Crippen LogP) is 1.32. The molecule has 0 aromatic heterocycles. The Labute approximate surface area is 171 Å². The van der Waals surface area contributed by atoms with Gasteiger partial charge in [0, 0.05) is 25.1 Å². The van der Waals surface area contributed by atoms with E-state index in [9.17, 15) is 14.4 Å². The van der Waals surface area contributed by atoms with Crippen molar-refractivity contribution in [2.75, 3.05) is 19.6 Å². The monoisotopic (exact) mass is 398 g/mol. The van der Waals surface area contributed by atoms with Gasteiger partial charge in [-0.25, -0.2) is 0 Å². The predicted molar refractivity (Wildman–Crippen MR) is 109 cm³/mol. The second-order valence-corrected chi connectivity index (χ2v) is 8.88. The summed E-state index contributed by atoms with van der Waals surface area (Å²) in [7, 11) is 0. The van der Waals surface area contributed by atoms with Crippen molar-refractivity contribution in [2.24, 2.45) is 5.41 Å². The zero-order chi connectivity index (χ0) is 20.4. The Morgan fingerprint density at radius 3 is 2.76 bits per heavy atom. The van der Waals surface area contributed by atoms with Crippen LogP contribution < -0.4 is 16.0 Å². The first-order chi connectivity index (χ1) is 14.0. The van der Waals surface area contributed by atoms with E-state index in [0.29, 0.717) is 23.9 Å². The second kappa shape index (κ2) is 8.24. The number of hydrogen-bond donors (Lipinski definition) is 3. The topological polar surface area (TPSA) is 90.5 Å². The quantitative estimate of drug-likeness (QED) is 0.497. The molecule has 3 N–H and O–H groups in total. The standard InChI is InChI=1S/C22H30N4O3/c1-22(6-9-23-10-7-22)8-11-24-13-15-2-3-17-16(12-15)14-26(21(17)29)18-4-5-19(27)25-20(18)28/h2-3,12,18,23-24H,4-11,13-14H2,1H3,(H,25,27,28). The first-order valence-electron chi connectivity index (χ1n) is 10.6. The number of fused-ring (bicyclic) bond motifs is 1. The van der Waals surface area contributed by atoms with E-state index >= 15 is 0 Å². The molecule has 29 heavy (non-hydrogen) atoms. The molecule has 0 bridgehead atoms. The van der Waals surface area contributed by atoms with Crippen LogP contribution in [0.15, 0.2) is 18.2 Å². The number of carbonyl (C=O) groups is 3. The molecule has 156 valence electrons. The van der Waals surface area contributed by atoms with Crippen molar-refractivity contribution >= 4 is 17.7 Å². The van der Waals surface area contributed by atoms with Gasteiger partial charge in [0.05, 0.1) is 0 Å². The summed E-state index contributed by atoms with van der Waals surface area (Å²) in [6, 6.07) is 5.37. The van der Waals surface area contributed by atoms with E-state index in [1.54, 1.807) is 4.90 Å². The van der Waals surface area contributed by atoms with Crippen LogP contribution in [0.4, 0.5) is 0 Å². The van der Waals surface area contributed by atoms with Gasteiger partial charge in [-0.1, -0.05) is 19.1 Å². The van der Waals surface area contributed by atoms with E-state index in [2.05, 4.69) is 28.9 Å². The minimum Gasteiger partial charge on any atom is -0.322 e. The molecule has 0 aliphatic carbocycles. The highest BCUT2D eigenvalue weighted by atomic mass is 16.2. The lowest BCUT2D eigenvalue weighted by Crippen LogP contribution is -2.52. The van der Waals surface area contributed by atoms with Gasteiger partial charge in [-0.15, -0.1) is 0 Å². The third-order valence-electron chi connectivity index (χ3n) is 6.63. The molecule has 7 heteroatoms. The summed E-state index contributed by atoms with van der Waals surface area (Å²) < 4.78 is 0. The number of imide groups is 1. The molecular formula is C22H30N4O3. The third-order valence-corrected chi connectivity index (χ3v) is 6.63. The first kappa shape index (κ1) is 20.0. The smallest absolute Gasteiger partial charge is 0.255 e. The molecule has 1 unspecified atom stereocenters. The Kier molecular flexibility index (Phi) is 5.69. The summed E-state index contributed by atoms with van der Waals surface area (Å²) in [5, 5.41) is 9.31. The van der Waals surface area contributed by atoms with Crippen molar-refractivity contribution in [3.63, 3.8) is 0 Å². The number of nitrogens with zero attached hydrogens (tertiary/aromatic N) is 1. The third kappa shape index (κ3) is 4.36. The van der Waals surface area contributed by atoms with Crippen LogP contribution in [0.25, 0.3) is 0 Å². The molecule has 1 aromatic carbocycles. The second-order valence-electron chi connectivity index (χ2n) is 8.88. The number of amides is 3. The van der Waals surface area contributed by atoms with Crippen molar-refractivity contribution in [3.05, 3.63) is 34.9 Å². The highest BCUT2D eigenvalue weighted by molar-refractivity contribution is 6.05. The summed E-state index contributed by atoms with van der Waals surface area (Å²) in [6.45, 7) is 6.78. The van der Waals surface area contributed by atoms with Crippen molar-refractivity contribution in [2.45, 2.75) is 58.2 Å². The largest absolute Gasteiger partial charge is 0.322 e. The SMILES string of the molecule is CC1(CCNCc2ccc3c(c2)CN(C2CCC(=O)NC2=O)C3=O)CCNCC1. The highest BCUT2D eigenvalue weighted by Crippen LogP contribution is 2.31. The minimum absolute atomic E-state index is 0.118. The number of hydrogen-bond acceptors (Lipinski definition) is 5. The van der Waals surface area contributed by atoms with Crippen LogP contribution in [-0.2, 0) is 22.7 Å². The number of piperidine rings is 2. The number of carbonyl (C=O) groups excluding carboxylic acids is 3. The average Bonchev–Trinajstić information content (AvgIpc) is 3.02. The van der Waals surface area contributed by atoms with Crippen LogP contribution in [0.2, 0.25) is 0 Å². The van der Waals surface area contributed by atoms with E-state index in [-0.39, 0.29) is 24.1 Å². The maximum atomic E-state index is 12.7. The Morgan fingerprint density at radius 1 is 1.21 bits per heavy atom. The van der Waals surface area contributed by atoms with Crippen molar-refractivity contribution in [1.29, 1.82) is 0 Å². The normalized spacial score (nSPS) is 23.8. The zero-order valence-corrected chi connectivity index (χ0v) is 17.1.